The van der Waals surface area contributed by atoms with Crippen LogP contribution in [0.3, 0.4) is 0 Å². The zero-order chi connectivity index (χ0) is 33.3. The van der Waals surface area contributed by atoms with Crippen molar-refractivity contribution >= 4 is 57.8 Å². The molecular formula is C33H36N6O5S2. The van der Waals surface area contributed by atoms with Gasteiger partial charge in [0.25, 0.3) is 17.0 Å². The lowest BCUT2D eigenvalue weighted by Crippen LogP contribution is -2.41. The van der Waals surface area contributed by atoms with Crippen molar-refractivity contribution in [2.45, 2.75) is 53.5 Å². The van der Waals surface area contributed by atoms with E-state index in [9.17, 15) is 24.4 Å². The Morgan fingerprint density at radius 2 is 1.78 bits per heavy atom. The fraction of sp³-hybridized carbons (Fsp3) is 0.394. The number of rotatable bonds is 8. The minimum Gasteiger partial charge on any atom is -0.466 e. The van der Waals surface area contributed by atoms with Gasteiger partial charge in [-0.2, -0.15) is 5.26 Å². The molecule has 0 bridgehead atoms. The molecule has 5 rings (SSSR count). The van der Waals surface area contributed by atoms with Crippen LogP contribution in [-0.4, -0.2) is 49.8 Å². The highest BCUT2D eigenvalue weighted by Gasteiger charge is 2.39. The number of aromatic nitrogens is 3. The Morgan fingerprint density at radius 1 is 1.11 bits per heavy atom. The molecule has 2 fully saturated rings. The molecule has 2 aliphatic heterocycles. The van der Waals surface area contributed by atoms with E-state index in [1.165, 1.54) is 9.58 Å². The number of pyridine rings is 1. The van der Waals surface area contributed by atoms with Crippen LogP contribution in [-0.2, 0) is 27.9 Å². The van der Waals surface area contributed by atoms with Crippen molar-refractivity contribution in [3.8, 4) is 11.8 Å². The number of amides is 1. The first-order chi connectivity index (χ1) is 22.0. The third-order valence-corrected chi connectivity index (χ3v) is 9.83. The van der Waals surface area contributed by atoms with Gasteiger partial charge in [0.15, 0.2) is 4.32 Å². The summed E-state index contributed by atoms with van der Waals surface area (Å²) < 4.78 is 10.2. The number of benzene rings is 1. The SMILES string of the molecule is CCCn1c(N2CCC(C(=O)OCC)CC2)c(/C=C2\SC(=S)N(c3c(C)n(C)n(-c4ccccc4)c3=O)C2=O)c(C)c(C#N)c1=O. The first-order valence-electron chi connectivity index (χ1n) is 15.3. The third kappa shape index (κ3) is 5.71. The van der Waals surface area contributed by atoms with E-state index < -0.39 is 11.5 Å². The predicted octanol–water partition coefficient (Wildman–Crippen LogP) is 4.42. The van der Waals surface area contributed by atoms with Gasteiger partial charge in [-0.25, -0.2) is 4.68 Å². The fourth-order valence-electron chi connectivity index (χ4n) is 6.11. The molecule has 2 aromatic heterocycles. The van der Waals surface area contributed by atoms with Crippen LogP contribution < -0.4 is 20.9 Å². The predicted molar refractivity (Wildman–Crippen MR) is 183 cm³/mol. The Balaban J connectivity index is 1.61. The summed E-state index contributed by atoms with van der Waals surface area (Å²) in [6, 6.07) is 11.2. The Labute approximate surface area is 276 Å². The van der Waals surface area contributed by atoms with E-state index in [0.29, 0.717) is 73.8 Å². The normalized spacial score (nSPS) is 16.4. The van der Waals surface area contributed by atoms with E-state index in [1.807, 2.05) is 42.2 Å². The molecule has 0 atom stereocenters. The fourth-order valence-corrected chi connectivity index (χ4v) is 7.36. The van der Waals surface area contributed by atoms with Crippen LogP contribution in [0.15, 0.2) is 44.8 Å². The molecule has 2 saturated heterocycles. The maximum Gasteiger partial charge on any atom is 0.309 e. The van der Waals surface area contributed by atoms with Gasteiger partial charge in [0, 0.05) is 32.2 Å². The summed E-state index contributed by atoms with van der Waals surface area (Å²) in [6.45, 7) is 8.86. The number of para-hydroxylation sites is 1. The summed E-state index contributed by atoms with van der Waals surface area (Å²) >= 11 is 6.75. The number of thiocarbonyl (C=S) groups is 1. The summed E-state index contributed by atoms with van der Waals surface area (Å²) in [6.07, 6.45) is 3.41. The number of ether oxygens (including phenoxy) is 1. The van der Waals surface area contributed by atoms with Crippen molar-refractivity contribution in [3.05, 3.63) is 78.3 Å². The van der Waals surface area contributed by atoms with E-state index in [4.69, 9.17) is 17.0 Å². The smallest absolute Gasteiger partial charge is 0.309 e. The van der Waals surface area contributed by atoms with Gasteiger partial charge in [0.05, 0.1) is 28.8 Å². The average molecular weight is 661 g/mol. The Bertz CT molecular complexity index is 1910. The quantitative estimate of drug-likeness (QED) is 0.196. The van der Waals surface area contributed by atoms with Gasteiger partial charge in [-0.1, -0.05) is 49.1 Å². The standard InChI is InChI=1S/C33H36N6O5S2/c1-6-15-37-28(36-16-13-22(14-17-36)32(43)44-7-2)24(20(3)25(19-34)29(37)40)18-26-30(41)38(33(45)46-26)27-21(4)35(5)39(31(27)42)23-11-9-8-10-12-23/h8-12,18,22H,6-7,13-17H2,1-5H3/b26-18-. The molecular weight excluding hydrogens is 625 g/mol. The highest BCUT2D eigenvalue weighted by molar-refractivity contribution is 8.27. The van der Waals surface area contributed by atoms with Crippen LogP contribution in [0.4, 0.5) is 11.5 Å². The number of nitriles is 1. The summed E-state index contributed by atoms with van der Waals surface area (Å²) in [7, 11) is 1.75. The molecule has 46 heavy (non-hydrogen) atoms. The number of nitrogens with zero attached hydrogens (tertiary/aromatic N) is 6. The average Bonchev–Trinajstić information content (AvgIpc) is 3.44. The molecule has 0 radical (unpaired) electrons. The van der Waals surface area contributed by atoms with Crippen LogP contribution in [0.25, 0.3) is 11.8 Å². The van der Waals surface area contributed by atoms with Crippen LogP contribution in [0.5, 0.6) is 0 Å². The lowest BCUT2D eigenvalue weighted by Gasteiger charge is -2.35. The van der Waals surface area contributed by atoms with Crippen molar-refractivity contribution in [2.75, 3.05) is 29.5 Å². The van der Waals surface area contributed by atoms with Crippen LogP contribution in [0.2, 0.25) is 0 Å². The molecule has 1 amide bonds. The number of carbonyl (C=O) groups excluding carboxylic acids is 2. The highest BCUT2D eigenvalue weighted by Crippen LogP contribution is 2.39. The lowest BCUT2D eigenvalue weighted by atomic mass is 9.95. The van der Waals surface area contributed by atoms with Gasteiger partial charge in [-0.15, -0.1) is 0 Å². The molecule has 4 heterocycles. The Kier molecular flexibility index (Phi) is 9.69. The van der Waals surface area contributed by atoms with E-state index >= 15 is 0 Å². The van der Waals surface area contributed by atoms with Crippen molar-refractivity contribution in [1.29, 1.82) is 5.26 Å². The summed E-state index contributed by atoms with van der Waals surface area (Å²) in [5.74, 6) is -0.330. The monoisotopic (exact) mass is 660 g/mol. The zero-order valence-electron chi connectivity index (χ0n) is 26.5. The van der Waals surface area contributed by atoms with Crippen molar-refractivity contribution < 1.29 is 14.3 Å². The van der Waals surface area contributed by atoms with E-state index in [-0.39, 0.29) is 37.9 Å². The second-order valence-electron chi connectivity index (χ2n) is 11.2. The minimum atomic E-state index is -0.459. The number of hydrogen-bond acceptors (Lipinski definition) is 9. The van der Waals surface area contributed by atoms with Crippen LogP contribution in [0.1, 0.15) is 55.5 Å². The summed E-state index contributed by atoms with van der Waals surface area (Å²) in [4.78, 5) is 57.5. The molecule has 0 aliphatic carbocycles. The molecule has 2 aliphatic rings. The number of anilines is 2. The molecule has 0 unspecified atom stereocenters. The number of esters is 1. The topological polar surface area (TPSA) is 123 Å². The summed E-state index contributed by atoms with van der Waals surface area (Å²) in [5, 5.41) is 10.0. The number of thioether (sulfide) groups is 1. The van der Waals surface area contributed by atoms with Crippen molar-refractivity contribution in [1.82, 2.24) is 13.9 Å². The zero-order valence-corrected chi connectivity index (χ0v) is 28.2. The molecule has 0 N–H and O–H groups in total. The molecule has 0 saturated carbocycles. The third-order valence-electron chi connectivity index (χ3n) is 8.52. The maximum atomic E-state index is 14.1. The number of carbonyl (C=O) groups is 2. The van der Waals surface area contributed by atoms with Gasteiger partial charge in [-0.3, -0.25) is 33.3 Å². The van der Waals surface area contributed by atoms with E-state index in [1.54, 1.807) is 43.1 Å². The molecule has 0 spiro atoms. The highest BCUT2D eigenvalue weighted by atomic mass is 32.2. The van der Waals surface area contributed by atoms with Gasteiger partial charge >= 0.3 is 5.97 Å². The lowest BCUT2D eigenvalue weighted by molar-refractivity contribution is -0.148. The van der Waals surface area contributed by atoms with Crippen molar-refractivity contribution in [3.63, 3.8) is 0 Å². The van der Waals surface area contributed by atoms with E-state index in [0.717, 1.165) is 11.8 Å². The second-order valence-corrected chi connectivity index (χ2v) is 12.9. The molecule has 3 aromatic rings. The maximum absolute atomic E-state index is 14.1. The Hall–Kier alpha value is -4.41. The van der Waals surface area contributed by atoms with Crippen LogP contribution >= 0.6 is 24.0 Å². The molecule has 11 nitrogen and oxygen atoms in total. The largest absolute Gasteiger partial charge is 0.466 e. The van der Waals surface area contributed by atoms with Gasteiger partial charge in [0.1, 0.15) is 23.1 Å². The van der Waals surface area contributed by atoms with Gasteiger partial charge in [0.2, 0.25) is 0 Å². The molecule has 1 aromatic carbocycles. The first kappa shape index (κ1) is 33.0. The van der Waals surface area contributed by atoms with E-state index in [2.05, 4.69) is 6.07 Å². The van der Waals surface area contributed by atoms with Gasteiger partial charge < -0.3 is 9.64 Å². The van der Waals surface area contributed by atoms with Crippen molar-refractivity contribution in [2.24, 2.45) is 13.0 Å². The number of piperidine rings is 1. The Morgan fingerprint density at radius 3 is 2.39 bits per heavy atom. The van der Waals surface area contributed by atoms with Crippen LogP contribution in [0, 0.1) is 31.1 Å². The minimum absolute atomic E-state index is 0.00462. The molecule has 13 heteroatoms. The summed E-state index contributed by atoms with van der Waals surface area (Å²) in [5.41, 5.74) is 1.63. The second kappa shape index (κ2) is 13.5. The number of hydrogen-bond donors (Lipinski definition) is 0. The molecule has 240 valence electrons. The first-order valence-corrected chi connectivity index (χ1v) is 16.5. The van der Waals surface area contributed by atoms with Gasteiger partial charge in [-0.05, 0) is 63.8 Å².